The van der Waals surface area contributed by atoms with Crippen LogP contribution in [0.15, 0.2) is 72.9 Å². The van der Waals surface area contributed by atoms with Crippen LogP contribution in [-0.4, -0.2) is 49.3 Å². The van der Waals surface area contributed by atoms with Gasteiger partial charge in [-0.25, -0.2) is 4.57 Å². The predicted octanol–water partition coefficient (Wildman–Crippen LogP) is 19.3. The fourth-order valence-corrected chi connectivity index (χ4v) is 9.37. The Morgan fingerprint density at radius 2 is 0.753 bits per heavy atom. The van der Waals surface area contributed by atoms with E-state index in [1.165, 1.54) is 180 Å². The van der Waals surface area contributed by atoms with Crippen molar-refractivity contribution < 1.29 is 37.6 Å². The third kappa shape index (κ3) is 58.6. The van der Waals surface area contributed by atoms with Crippen LogP contribution in [0.2, 0.25) is 0 Å². The van der Waals surface area contributed by atoms with Crippen LogP contribution in [0.25, 0.3) is 0 Å². The third-order valence-electron chi connectivity index (χ3n) is 13.1. The SMILES string of the molecule is CC/C=C\C/C=C\C/C=C\C/C=C\C/C=C\CCCCCC(=O)OC(COC(=O)CCCCCCCCCCCCCCCCCCCCCCC/C=C\CCCCCCCCCC)COP(=O)(O)OCCN. The molecule has 424 valence electrons. The summed E-state index contributed by atoms with van der Waals surface area (Å²) in [5.74, 6) is -0.859. The summed E-state index contributed by atoms with van der Waals surface area (Å²) >= 11 is 0. The zero-order valence-corrected chi connectivity index (χ0v) is 48.3. The van der Waals surface area contributed by atoms with E-state index < -0.39 is 26.5 Å². The second kappa shape index (κ2) is 58.7. The summed E-state index contributed by atoms with van der Waals surface area (Å²) in [5, 5.41) is 0. The first-order chi connectivity index (χ1) is 35.8. The van der Waals surface area contributed by atoms with Gasteiger partial charge >= 0.3 is 19.8 Å². The fraction of sp³-hybridized carbons (Fsp3) is 0.778. The summed E-state index contributed by atoms with van der Waals surface area (Å²) in [4.78, 5) is 35.2. The van der Waals surface area contributed by atoms with Crippen molar-refractivity contribution in [1.82, 2.24) is 0 Å². The lowest BCUT2D eigenvalue weighted by Gasteiger charge is -2.19. The molecule has 0 saturated heterocycles. The molecule has 0 aromatic carbocycles. The van der Waals surface area contributed by atoms with E-state index in [0.29, 0.717) is 6.42 Å². The largest absolute Gasteiger partial charge is 0.472 e. The van der Waals surface area contributed by atoms with Crippen molar-refractivity contribution in [3.63, 3.8) is 0 Å². The third-order valence-corrected chi connectivity index (χ3v) is 14.1. The van der Waals surface area contributed by atoms with Gasteiger partial charge < -0.3 is 20.1 Å². The minimum absolute atomic E-state index is 0.0456. The van der Waals surface area contributed by atoms with E-state index in [0.717, 1.165) is 70.6 Å². The minimum Gasteiger partial charge on any atom is -0.462 e. The van der Waals surface area contributed by atoms with Gasteiger partial charge in [0.15, 0.2) is 6.10 Å². The molecular weight excluding hydrogens is 930 g/mol. The normalized spacial score (nSPS) is 13.5. The maximum Gasteiger partial charge on any atom is 0.472 e. The number of allylic oxidation sites excluding steroid dienone is 12. The van der Waals surface area contributed by atoms with Crippen LogP contribution >= 0.6 is 7.82 Å². The molecule has 0 spiro atoms. The maximum atomic E-state index is 12.7. The molecule has 2 atom stereocenters. The summed E-state index contributed by atoms with van der Waals surface area (Å²) in [5.41, 5.74) is 5.38. The number of phosphoric acid groups is 1. The van der Waals surface area contributed by atoms with Crippen molar-refractivity contribution in [2.75, 3.05) is 26.4 Å². The molecule has 0 heterocycles. The molecular formula is C63H114NO8P. The van der Waals surface area contributed by atoms with E-state index >= 15 is 0 Å². The van der Waals surface area contributed by atoms with E-state index in [1.54, 1.807) is 0 Å². The van der Waals surface area contributed by atoms with Crippen LogP contribution in [0.4, 0.5) is 0 Å². The van der Waals surface area contributed by atoms with Gasteiger partial charge in [0.05, 0.1) is 13.2 Å². The van der Waals surface area contributed by atoms with Crippen molar-refractivity contribution >= 4 is 19.8 Å². The van der Waals surface area contributed by atoms with E-state index in [1.807, 2.05) is 0 Å². The topological polar surface area (TPSA) is 134 Å². The predicted molar refractivity (Wildman–Crippen MR) is 312 cm³/mol. The molecule has 0 aliphatic carbocycles. The standard InChI is InChI=1S/C63H114NO8P/c1-3-5-7-9-11-13-15-17-19-21-23-24-25-26-27-28-29-30-31-32-33-34-35-36-38-39-41-43-45-47-49-51-53-55-62(65)69-59-61(60-71-73(67,68)70-58-57-64)72-63(66)56-54-52-50-48-46-44-42-40-37-22-20-18-16-14-12-10-8-6-4-2/h6,8,12,14,18,20-21,23,37,40,44,46,61H,3-5,7,9-11,13,15-17,19,22,24-36,38-39,41-43,45,47-60,64H2,1-2H3,(H,67,68)/b8-6-,14-12-,20-18-,23-21-,40-37-,46-44-. The van der Waals surface area contributed by atoms with Crippen LogP contribution in [-0.2, 0) is 32.7 Å². The Morgan fingerprint density at radius 3 is 1.15 bits per heavy atom. The highest BCUT2D eigenvalue weighted by Gasteiger charge is 2.26. The van der Waals surface area contributed by atoms with Gasteiger partial charge in [0.1, 0.15) is 6.61 Å². The summed E-state index contributed by atoms with van der Waals surface area (Å²) in [6.07, 6.45) is 75.6. The molecule has 9 nitrogen and oxygen atoms in total. The lowest BCUT2D eigenvalue weighted by atomic mass is 10.0. The molecule has 0 amide bonds. The molecule has 0 aromatic rings. The van der Waals surface area contributed by atoms with Crippen LogP contribution in [0.5, 0.6) is 0 Å². The summed E-state index contributed by atoms with van der Waals surface area (Å²) < 4.78 is 33.0. The summed E-state index contributed by atoms with van der Waals surface area (Å²) in [6, 6.07) is 0. The maximum absolute atomic E-state index is 12.7. The lowest BCUT2D eigenvalue weighted by molar-refractivity contribution is -0.161. The zero-order chi connectivity index (χ0) is 53.1. The molecule has 0 rings (SSSR count). The molecule has 0 fully saturated rings. The monoisotopic (exact) mass is 1040 g/mol. The Bertz CT molecular complexity index is 1420. The number of phosphoric ester groups is 1. The van der Waals surface area contributed by atoms with E-state index in [-0.39, 0.29) is 38.6 Å². The van der Waals surface area contributed by atoms with Gasteiger partial charge in [-0.3, -0.25) is 18.6 Å². The highest BCUT2D eigenvalue weighted by molar-refractivity contribution is 7.47. The van der Waals surface area contributed by atoms with E-state index in [9.17, 15) is 19.0 Å². The molecule has 0 aromatic heterocycles. The van der Waals surface area contributed by atoms with Crippen molar-refractivity contribution in [2.24, 2.45) is 5.73 Å². The molecule has 0 radical (unpaired) electrons. The lowest BCUT2D eigenvalue weighted by Crippen LogP contribution is -2.29. The average Bonchev–Trinajstić information content (AvgIpc) is 3.38. The van der Waals surface area contributed by atoms with Crippen molar-refractivity contribution in [3.05, 3.63) is 72.9 Å². The van der Waals surface area contributed by atoms with Crippen LogP contribution in [0.3, 0.4) is 0 Å². The molecule has 0 saturated carbocycles. The van der Waals surface area contributed by atoms with Gasteiger partial charge in [0.25, 0.3) is 0 Å². The van der Waals surface area contributed by atoms with Gasteiger partial charge in [0, 0.05) is 19.4 Å². The number of carbonyl (C=O) groups excluding carboxylic acids is 2. The van der Waals surface area contributed by atoms with Gasteiger partial charge in [-0.2, -0.15) is 0 Å². The Labute approximate surface area is 450 Å². The Balaban J connectivity index is 3.89. The first-order valence-corrected chi connectivity index (χ1v) is 31.9. The molecule has 2 unspecified atom stereocenters. The number of carbonyl (C=O) groups is 2. The Kier molecular flexibility index (Phi) is 56.7. The van der Waals surface area contributed by atoms with Gasteiger partial charge in [-0.15, -0.1) is 0 Å². The minimum atomic E-state index is -4.40. The van der Waals surface area contributed by atoms with Crippen molar-refractivity contribution in [1.29, 1.82) is 0 Å². The molecule has 0 bridgehead atoms. The fourth-order valence-electron chi connectivity index (χ4n) is 8.60. The molecule has 10 heteroatoms. The van der Waals surface area contributed by atoms with Crippen LogP contribution in [0.1, 0.15) is 284 Å². The number of nitrogens with two attached hydrogens (primary N) is 1. The van der Waals surface area contributed by atoms with Gasteiger partial charge in [-0.05, 0) is 83.5 Å². The zero-order valence-electron chi connectivity index (χ0n) is 47.4. The van der Waals surface area contributed by atoms with E-state index in [4.69, 9.17) is 24.3 Å². The number of esters is 2. The van der Waals surface area contributed by atoms with Crippen LogP contribution in [0, 0.1) is 0 Å². The summed E-state index contributed by atoms with van der Waals surface area (Å²) in [6.45, 7) is 3.61. The summed E-state index contributed by atoms with van der Waals surface area (Å²) in [7, 11) is -4.40. The molecule has 0 aliphatic rings. The molecule has 73 heavy (non-hydrogen) atoms. The first kappa shape index (κ1) is 70.5. The smallest absolute Gasteiger partial charge is 0.462 e. The Hall–Kier alpha value is -2.55. The van der Waals surface area contributed by atoms with Crippen LogP contribution < -0.4 is 5.73 Å². The number of hydrogen-bond donors (Lipinski definition) is 2. The number of hydrogen-bond acceptors (Lipinski definition) is 8. The second-order valence-electron chi connectivity index (χ2n) is 20.2. The molecule has 0 aliphatic heterocycles. The van der Waals surface area contributed by atoms with Crippen molar-refractivity contribution in [2.45, 2.75) is 290 Å². The highest BCUT2D eigenvalue weighted by Crippen LogP contribution is 2.43. The number of unbranched alkanes of at least 4 members (excludes halogenated alkanes) is 32. The number of rotatable bonds is 57. The average molecular weight is 1040 g/mol. The number of ether oxygens (including phenoxy) is 2. The second-order valence-corrected chi connectivity index (χ2v) is 21.6. The Morgan fingerprint density at radius 1 is 0.425 bits per heavy atom. The quantitative estimate of drug-likeness (QED) is 0.0264. The van der Waals surface area contributed by atoms with E-state index in [2.05, 4.69) is 86.8 Å². The van der Waals surface area contributed by atoms with Crippen molar-refractivity contribution in [3.8, 4) is 0 Å². The molecule has 3 N–H and O–H groups in total. The first-order valence-electron chi connectivity index (χ1n) is 30.4. The highest BCUT2D eigenvalue weighted by atomic mass is 31.2. The van der Waals surface area contributed by atoms with Gasteiger partial charge in [0.2, 0.25) is 0 Å². The van der Waals surface area contributed by atoms with Gasteiger partial charge in [-0.1, -0.05) is 260 Å².